The monoisotopic (exact) mass is 487 g/mol. The Kier molecular flexibility index (Phi) is 6.12. The SMILES string of the molecule is N#C[C@@H]1CC(F)(F)CN1C(=O)CNC(=O)c1ccncc1NC(=O)c1nc2ccc(Cl)cc2[nH]1. The highest BCUT2D eigenvalue weighted by Gasteiger charge is 2.47. The number of alkyl halides is 2. The van der Waals surface area contributed by atoms with Gasteiger partial charge in [0.05, 0.1) is 47.6 Å². The van der Waals surface area contributed by atoms with Crippen molar-refractivity contribution in [1.82, 2.24) is 25.2 Å². The molecule has 1 atom stereocenters. The van der Waals surface area contributed by atoms with Crippen LogP contribution in [-0.2, 0) is 4.79 Å². The number of H-pyrrole nitrogens is 1. The van der Waals surface area contributed by atoms with E-state index in [1.165, 1.54) is 18.5 Å². The molecule has 0 radical (unpaired) electrons. The van der Waals surface area contributed by atoms with Crippen LogP contribution in [0.2, 0.25) is 5.02 Å². The predicted octanol–water partition coefficient (Wildman–Crippen LogP) is 2.35. The molecule has 13 heteroatoms. The number of aromatic nitrogens is 3. The van der Waals surface area contributed by atoms with Crippen molar-refractivity contribution in [2.24, 2.45) is 0 Å². The number of rotatable bonds is 5. The van der Waals surface area contributed by atoms with Crippen LogP contribution in [0.25, 0.3) is 11.0 Å². The first-order chi connectivity index (χ1) is 16.2. The maximum atomic E-state index is 13.6. The van der Waals surface area contributed by atoms with Gasteiger partial charge < -0.3 is 20.5 Å². The lowest BCUT2D eigenvalue weighted by molar-refractivity contribution is -0.131. The normalized spacial score (nSPS) is 16.8. The first-order valence-electron chi connectivity index (χ1n) is 9.92. The highest BCUT2D eigenvalue weighted by molar-refractivity contribution is 6.31. The molecule has 4 rings (SSSR count). The van der Waals surface area contributed by atoms with Gasteiger partial charge in [-0.1, -0.05) is 11.6 Å². The van der Waals surface area contributed by atoms with E-state index in [-0.39, 0.29) is 17.1 Å². The maximum absolute atomic E-state index is 13.6. The van der Waals surface area contributed by atoms with Crippen molar-refractivity contribution in [2.45, 2.75) is 18.4 Å². The van der Waals surface area contributed by atoms with Crippen molar-refractivity contribution >= 4 is 46.0 Å². The molecule has 1 aromatic carbocycles. The minimum absolute atomic E-state index is 0.0149. The van der Waals surface area contributed by atoms with Crippen LogP contribution in [0.5, 0.6) is 0 Å². The molecular formula is C21H16ClF2N7O3. The zero-order chi connectivity index (χ0) is 24.5. The van der Waals surface area contributed by atoms with Gasteiger partial charge in [-0.25, -0.2) is 13.8 Å². The summed E-state index contributed by atoms with van der Waals surface area (Å²) in [5, 5.41) is 14.3. The molecule has 1 aliphatic rings. The van der Waals surface area contributed by atoms with E-state index in [4.69, 9.17) is 16.9 Å². The number of imidazole rings is 1. The maximum Gasteiger partial charge on any atom is 0.291 e. The van der Waals surface area contributed by atoms with E-state index in [2.05, 4.69) is 25.6 Å². The number of likely N-dealkylation sites (tertiary alicyclic amines) is 1. The third-order valence-electron chi connectivity index (χ3n) is 5.11. The Morgan fingerprint density at radius 1 is 1.29 bits per heavy atom. The van der Waals surface area contributed by atoms with Crippen molar-refractivity contribution in [3.63, 3.8) is 0 Å². The van der Waals surface area contributed by atoms with Crippen molar-refractivity contribution in [1.29, 1.82) is 5.26 Å². The summed E-state index contributed by atoms with van der Waals surface area (Å²) in [6.45, 7) is -1.49. The molecule has 0 aliphatic carbocycles. The largest absolute Gasteiger partial charge is 0.343 e. The Balaban J connectivity index is 1.44. The number of amides is 3. The van der Waals surface area contributed by atoms with Gasteiger partial charge in [0.1, 0.15) is 6.04 Å². The molecule has 0 spiro atoms. The fourth-order valence-corrected chi connectivity index (χ4v) is 3.68. The summed E-state index contributed by atoms with van der Waals surface area (Å²) < 4.78 is 27.1. The number of carbonyl (C=O) groups excluding carboxylic acids is 3. The molecule has 3 amide bonds. The molecule has 174 valence electrons. The minimum Gasteiger partial charge on any atom is -0.343 e. The van der Waals surface area contributed by atoms with Gasteiger partial charge >= 0.3 is 0 Å². The highest BCUT2D eigenvalue weighted by atomic mass is 35.5. The standard InChI is InChI=1S/C21H16ClF2N7O3/c22-11-1-2-14-15(5-11)29-18(28-14)20(34)30-16-8-26-4-3-13(16)19(33)27-9-17(32)31-10-21(23,24)6-12(31)7-25/h1-5,8,12H,6,9-10H2,(H,27,33)(H,28,29)(H,30,34)/t12-/m0/s1. The smallest absolute Gasteiger partial charge is 0.291 e. The average molecular weight is 488 g/mol. The van der Waals surface area contributed by atoms with Gasteiger partial charge in [0.25, 0.3) is 17.7 Å². The zero-order valence-electron chi connectivity index (χ0n) is 17.3. The molecule has 34 heavy (non-hydrogen) atoms. The van der Waals surface area contributed by atoms with Gasteiger partial charge in [-0.15, -0.1) is 0 Å². The third-order valence-corrected chi connectivity index (χ3v) is 5.35. The molecule has 0 unspecified atom stereocenters. The number of pyridine rings is 1. The quantitative estimate of drug-likeness (QED) is 0.504. The van der Waals surface area contributed by atoms with E-state index in [1.54, 1.807) is 24.3 Å². The summed E-state index contributed by atoms with van der Waals surface area (Å²) in [6, 6.07) is 6.58. The number of aromatic amines is 1. The Morgan fingerprint density at radius 3 is 2.85 bits per heavy atom. The number of fused-ring (bicyclic) bond motifs is 1. The first kappa shape index (κ1) is 23.1. The Labute approximate surface area is 195 Å². The van der Waals surface area contributed by atoms with Crippen LogP contribution in [0, 0.1) is 11.3 Å². The lowest BCUT2D eigenvalue weighted by atomic mass is 10.2. The van der Waals surface area contributed by atoms with E-state index >= 15 is 0 Å². The Bertz CT molecular complexity index is 1340. The number of hydrogen-bond donors (Lipinski definition) is 3. The number of nitriles is 1. The van der Waals surface area contributed by atoms with Crippen LogP contribution in [0.3, 0.4) is 0 Å². The molecule has 0 bridgehead atoms. The number of halogens is 3. The molecule has 2 aromatic heterocycles. The van der Waals surface area contributed by atoms with Crippen molar-refractivity contribution < 1.29 is 23.2 Å². The van der Waals surface area contributed by atoms with E-state index < -0.39 is 49.2 Å². The van der Waals surface area contributed by atoms with Gasteiger partial charge in [-0.2, -0.15) is 5.26 Å². The van der Waals surface area contributed by atoms with Crippen LogP contribution in [0.1, 0.15) is 27.4 Å². The molecule has 3 aromatic rings. The van der Waals surface area contributed by atoms with E-state index in [9.17, 15) is 23.2 Å². The zero-order valence-corrected chi connectivity index (χ0v) is 18.1. The number of carbonyl (C=O) groups is 3. The molecular weight excluding hydrogens is 472 g/mol. The number of hydrogen-bond acceptors (Lipinski definition) is 6. The van der Waals surface area contributed by atoms with Crippen LogP contribution < -0.4 is 10.6 Å². The third kappa shape index (κ3) is 4.79. The summed E-state index contributed by atoms with van der Waals surface area (Å²) in [7, 11) is 0. The van der Waals surface area contributed by atoms with Crippen LogP contribution in [-0.4, -0.2) is 62.6 Å². The second kappa shape index (κ2) is 9.03. The number of nitrogens with one attached hydrogen (secondary N) is 3. The lowest BCUT2D eigenvalue weighted by Crippen LogP contribution is -2.43. The summed E-state index contributed by atoms with van der Waals surface area (Å²) in [6.07, 6.45) is 1.79. The van der Waals surface area contributed by atoms with Gasteiger partial charge in [0, 0.05) is 17.6 Å². The van der Waals surface area contributed by atoms with Gasteiger partial charge in [0.15, 0.2) is 5.82 Å². The summed E-state index contributed by atoms with van der Waals surface area (Å²) in [5.74, 6) is -5.41. The fraction of sp³-hybridized carbons (Fsp3) is 0.238. The average Bonchev–Trinajstić information content (AvgIpc) is 3.37. The molecule has 10 nitrogen and oxygen atoms in total. The second-order valence-electron chi connectivity index (χ2n) is 7.53. The van der Waals surface area contributed by atoms with Gasteiger partial charge in [-0.05, 0) is 24.3 Å². The van der Waals surface area contributed by atoms with Crippen LogP contribution in [0.15, 0.2) is 36.7 Å². The highest BCUT2D eigenvalue weighted by Crippen LogP contribution is 2.31. The molecule has 3 N–H and O–H groups in total. The van der Waals surface area contributed by atoms with E-state index in [1.807, 2.05) is 0 Å². The topological polar surface area (TPSA) is 144 Å². The van der Waals surface area contributed by atoms with Crippen LogP contribution >= 0.6 is 11.6 Å². The second-order valence-corrected chi connectivity index (χ2v) is 7.97. The number of anilines is 1. The van der Waals surface area contributed by atoms with Crippen molar-refractivity contribution in [3.8, 4) is 6.07 Å². The van der Waals surface area contributed by atoms with Crippen LogP contribution in [0.4, 0.5) is 14.5 Å². The predicted molar refractivity (Wildman–Crippen MR) is 116 cm³/mol. The van der Waals surface area contributed by atoms with Crippen molar-refractivity contribution in [3.05, 3.63) is 53.1 Å². The molecule has 1 aliphatic heterocycles. The molecule has 3 heterocycles. The minimum atomic E-state index is -3.16. The summed E-state index contributed by atoms with van der Waals surface area (Å²) in [5.41, 5.74) is 1.08. The van der Waals surface area contributed by atoms with Gasteiger partial charge in [0.2, 0.25) is 5.91 Å². The van der Waals surface area contributed by atoms with E-state index in [0.717, 1.165) is 4.90 Å². The Morgan fingerprint density at radius 2 is 2.09 bits per heavy atom. The number of benzene rings is 1. The van der Waals surface area contributed by atoms with Gasteiger partial charge in [-0.3, -0.25) is 19.4 Å². The van der Waals surface area contributed by atoms with Crippen molar-refractivity contribution in [2.75, 3.05) is 18.4 Å². The molecule has 0 saturated carbocycles. The summed E-state index contributed by atoms with van der Waals surface area (Å²) >= 11 is 5.94. The van der Waals surface area contributed by atoms with E-state index in [0.29, 0.717) is 16.1 Å². The molecule has 1 saturated heterocycles. The molecule has 1 fully saturated rings. The first-order valence-corrected chi connectivity index (χ1v) is 10.3. The fourth-order valence-electron chi connectivity index (χ4n) is 3.51. The number of nitrogens with zero attached hydrogens (tertiary/aromatic N) is 4. The summed E-state index contributed by atoms with van der Waals surface area (Å²) in [4.78, 5) is 49.2. The Hall–Kier alpha value is -4.11. The lowest BCUT2D eigenvalue weighted by Gasteiger charge is -2.19.